The molecule has 2 aromatic carbocycles. The van der Waals surface area contributed by atoms with Gasteiger partial charge in [0.25, 0.3) is 0 Å². The maximum absolute atomic E-state index is 13.1. The van der Waals surface area contributed by atoms with Crippen molar-refractivity contribution in [2.75, 3.05) is 38.2 Å². The van der Waals surface area contributed by atoms with E-state index in [1.807, 2.05) is 49.1 Å². The van der Waals surface area contributed by atoms with Crippen molar-refractivity contribution in [1.82, 2.24) is 16.0 Å². The predicted octanol–water partition coefficient (Wildman–Crippen LogP) is 1.89. The number of carbonyl (C=O) groups is 3. The summed E-state index contributed by atoms with van der Waals surface area (Å²) < 4.78 is 5.53. The molecule has 0 aromatic heterocycles. The first kappa shape index (κ1) is 29.5. The molecule has 0 aliphatic carbocycles. The maximum Gasteiger partial charge on any atom is 0.239 e. The first-order valence-electron chi connectivity index (χ1n) is 13.0. The molecule has 12 heteroatoms. The molecule has 1 unspecified atom stereocenters. The molecule has 5 N–H and O–H groups in total. The van der Waals surface area contributed by atoms with Crippen LogP contribution in [0.5, 0.6) is 5.75 Å². The largest absolute Gasteiger partial charge is 0.497 e. The fourth-order valence-electron chi connectivity index (χ4n) is 4.53. The molecule has 0 bridgehead atoms. The first-order valence-corrected chi connectivity index (χ1v) is 13.4. The Morgan fingerprint density at radius 1 is 1.02 bits per heavy atom. The number of nitrogens with one attached hydrogen (secondary N) is 3. The van der Waals surface area contributed by atoms with E-state index in [-0.39, 0.29) is 44.4 Å². The van der Waals surface area contributed by atoms with Gasteiger partial charge in [0, 0.05) is 29.2 Å². The number of nitrogens with zero attached hydrogens (tertiary/aromatic N) is 3. The van der Waals surface area contributed by atoms with E-state index >= 15 is 0 Å². The molecule has 0 radical (unpaired) electrons. The second kappa shape index (κ2) is 13.3. The van der Waals surface area contributed by atoms with Crippen LogP contribution in [0, 0.1) is 0 Å². The Bertz CT molecular complexity index is 1480. The molecule has 11 nitrogen and oxygen atoms in total. The van der Waals surface area contributed by atoms with E-state index in [0.29, 0.717) is 27.9 Å². The highest BCUT2D eigenvalue weighted by molar-refractivity contribution is 6.30. The van der Waals surface area contributed by atoms with Crippen molar-refractivity contribution in [1.29, 1.82) is 0 Å². The molecule has 214 valence electrons. The van der Waals surface area contributed by atoms with Crippen molar-refractivity contribution < 1.29 is 19.1 Å². The lowest BCUT2D eigenvalue weighted by Crippen LogP contribution is -2.42. The van der Waals surface area contributed by atoms with Crippen LogP contribution in [0.4, 0.5) is 5.69 Å². The molecule has 2 aliphatic rings. The monoisotopic (exact) mass is 577 g/mol. The topological polar surface area (TPSA) is 151 Å². The fourth-order valence-corrected chi connectivity index (χ4v) is 4.66. The van der Waals surface area contributed by atoms with Gasteiger partial charge >= 0.3 is 0 Å². The second-order valence-corrected chi connectivity index (χ2v) is 9.79. The Kier molecular flexibility index (Phi) is 9.57. The van der Waals surface area contributed by atoms with Crippen molar-refractivity contribution in [2.45, 2.75) is 26.3 Å². The van der Waals surface area contributed by atoms with Gasteiger partial charge in [-0.1, -0.05) is 29.5 Å². The lowest BCUT2D eigenvalue weighted by Gasteiger charge is -2.30. The highest BCUT2D eigenvalue weighted by Crippen LogP contribution is 2.37. The number of aliphatic imine (C=N–C) groups is 2. The molecule has 2 aliphatic heterocycles. The van der Waals surface area contributed by atoms with Crippen LogP contribution in [0.3, 0.4) is 0 Å². The summed E-state index contributed by atoms with van der Waals surface area (Å²) in [6.07, 6.45) is 0.0299. The summed E-state index contributed by atoms with van der Waals surface area (Å²) >= 11 is 6.18. The highest BCUT2D eigenvalue weighted by Gasteiger charge is 2.33. The Morgan fingerprint density at radius 3 is 2.41 bits per heavy atom. The van der Waals surface area contributed by atoms with Crippen molar-refractivity contribution >= 4 is 46.6 Å². The Morgan fingerprint density at radius 2 is 1.73 bits per heavy atom. The summed E-state index contributed by atoms with van der Waals surface area (Å²) in [4.78, 5) is 47.9. The molecule has 4 rings (SSSR count). The van der Waals surface area contributed by atoms with Crippen LogP contribution < -0.4 is 31.3 Å². The van der Waals surface area contributed by atoms with E-state index in [0.717, 1.165) is 22.6 Å². The molecule has 0 saturated carbocycles. The van der Waals surface area contributed by atoms with Gasteiger partial charge in [-0.3, -0.25) is 24.3 Å². The molecular formula is C29H32ClN7O4. The van der Waals surface area contributed by atoms with Crippen LogP contribution in [0.15, 0.2) is 69.6 Å². The van der Waals surface area contributed by atoms with E-state index in [2.05, 4.69) is 26.7 Å². The van der Waals surface area contributed by atoms with Crippen LogP contribution in [0.1, 0.15) is 31.4 Å². The number of nitrogens with two attached hydrogens (primary N) is 1. The number of hydrogen-bond donors (Lipinski definition) is 4. The molecule has 41 heavy (non-hydrogen) atoms. The molecule has 1 atom stereocenters. The van der Waals surface area contributed by atoms with Gasteiger partial charge in [-0.15, -0.1) is 0 Å². The summed E-state index contributed by atoms with van der Waals surface area (Å²) in [5, 5.41) is 8.47. The van der Waals surface area contributed by atoms with Crippen LogP contribution >= 0.6 is 11.6 Å². The number of hydrogen-bond acceptors (Lipinski definition) is 8. The lowest BCUT2D eigenvalue weighted by molar-refractivity contribution is -0.125. The minimum Gasteiger partial charge on any atom is -0.497 e. The Hall–Kier alpha value is -4.44. The predicted molar refractivity (Wildman–Crippen MR) is 158 cm³/mol. The number of ether oxygens (including phenoxy) is 1. The molecular weight excluding hydrogens is 546 g/mol. The summed E-state index contributed by atoms with van der Waals surface area (Å²) in [5.41, 5.74) is 13.1. The maximum atomic E-state index is 13.1. The van der Waals surface area contributed by atoms with Crippen molar-refractivity contribution in [2.24, 2.45) is 15.7 Å². The van der Waals surface area contributed by atoms with E-state index in [1.54, 1.807) is 19.2 Å². The number of methoxy groups -OCH3 is 1. The van der Waals surface area contributed by atoms with Crippen LogP contribution in [0.2, 0.25) is 5.02 Å². The number of amidine groups is 1. The molecule has 3 amide bonds. The van der Waals surface area contributed by atoms with E-state index in [4.69, 9.17) is 27.1 Å². The quantitative estimate of drug-likeness (QED) is 0.250. The summed E-state index contributed by atoms with van der Waals surface area (Å²) in [6, 6.07) is 12.5. The van der Waals surface area contributed by atoms with Gasteiger partial charge in [0.1, 0.15) is 17.6 Å². The van der Waals surface area contributed by atoms with Crippen molar-refractivity contribution in [3.63, 3.8) is 0 Å². The Balaban J connectivity index is 1.61. The average molecular weight is 578 g/mol. The van der Waals surface area contributed by atoms with E-state index < -0.39 is 11.9 Å². The van der Waals surface area contributed by atoms with Gasteiger partial charge in [-0.05, 0) is 44.2 Å². The zero-order valence-corrected chi connectivity index (χ0v) is 23.8. The van der Waals surface area contributed by atoms with Crippen LogP contribution in [-0.2, 0) is 14.4 Å². The summed E-state index contributed by atoms with van der Waals surface area (Å²) in [5.74, 6) is 0.330. The number of halogens is 1. The zero-order valence-electron chi connectivity index (χ0n) is 23.1. The number of fused-ring (bicyclic) bond motifs is 3. The van der Waals surface area contributed by atoms with Gasteiger partial charge in [-0.25, -0.2) is 4.99 Å². The Labute approximate surface area is 243 Å². The lowest BCUT2D eigenvalue weighted by atomic mass is 9.99. The van der Waals surface area contributed by atoms with Crippen LogP contribution in [0.25, 0.3) is 0 Å². The van der Waals surface area contributed by atoms with Gasteiger partial charge in [0.15, 0.2) is 0 Å². The first-order chi connectivity index (χ1) is 19.7. The van der Waals surface area contributed by atoms with E-state index in [1.165, 1.54) is 0 Å². The van der Waals surface area contributed by atoms with Gasteiger partial charge in [0.05, 0.1) is 49.4 Å². The molecule has 0 fully saturated rings. The molecule has 0 saturated heterocycles. The molecule has 0 spiro atoms. The molecule has 2 aromatic rings. The smallest absolute Gasteiger partial charge is 0.239 e. The molecule has 2 heterocycles. The fraction of sp³-hybridized carbons (Fsp3) is 0.310. The third-order valence-corrected chi connectivity index (χ3v) is 6.65. The number of amides is 3. The van der Waals surface area contributed by atoms with Crippen LogP contribution in [-0.4, -0.2) is 68.6 Å². The number of benzene rings is 2. The second-order valence-electron chi connectivity index (χ2n) is 9.36. The summed E-state index contributed by atoms with van der Waals surface area (Å²) in [7, 11) is 1.61. The van der Waals surface area contributed by atoms with Crippen molar-refractivity contribution in [3.8, 4) is 5.75 Å². The third-order valence-electron chi connectivity index (χ3n) is 6.40. The minimum absolute atomic E-state index is 0.0299. The summed E-state index contributed by atoms with van der Waals surface area (Å²) in [6.45, 7) is 3.77. The standard InChI is InChI=1S/C29H32ClN7O4/c1-17-12-25-23(14-26(38)32-10-11-33-28(40)16-34-27(39)15-31)36-29(19-4-6-20(30)7-5-19)22-13-21(41-3)8-9-24(22)37(25)18(2)35-17/h4-9,13,23H,10-11,14-16,31H2,1-3H3,(H,32,38)(H,33,40)(H,34,39). The zero-order chi connectivity index (χ0) is 29.5. The third kappa shape index (κ3) is 7.20. The van der Waals surface area contributed by atoms with Gasteiger partial charge < -0.3 is 26.4 Å². The SMILES string of the molecule is COc1ccc2c(c1)C(c1ccc(Cl)cc1)=NC(CC(=O)NCCNC(=O)CNC(=O)CN)C1=C=C(C)N=C(C)N12. The number of carbonyl (C=O) groups excluding carboxylic acids is 3. The van der Waals surface area contributed by atoms with E-state index in [9.17, 15) is 14.4 Å². The van der Waals surface area contributed by atoms with Gasteiger partial charge in [0.2, 0.25) is 17.7 Å². The normalized spacial score (nSPS) is 15.6. The number of anilines is 1. The van der Waals surface area contributed by atoms with Gasteiger partial charge in [-0.2, -0.15) is 0 Å². The average Bonchev–Trinajstić information content (AvgIpc) is 3.08. The minimum atomic E-state index is -0.597. The van der Waals surface area contributed by atoms with Crippen molar-refractivity contribution in [3.05, 3.63) is 75.7 Å². The highest BCUT2D eigenvalue weighted by atomic mass is 35.5. The number of rotatable bonds is 10.